The topological polar surface area (TPSA) is 49.9 Å². The zero-order valence-corrected chi connectivity index (χ0v) is 17.3. The van der Waals surface area contributed by atoms with Crippen molar-refractivity contribution in [3.8, 4) is 0 Å². The number of carbonyl (C=O) groups excluding carboxylic acids is 2. The molecule has 2 fully saturated rings. The van der Waals surface area contributed by atoms with Gasteiger partial charge < -0.3 is 14.5 Å². The second-order valence-electron chi connectivity index (χ2n) is 8.22. The Bertz CT molecular complexity index is 923. The van der Waals surface area contributed by atoms with Crippen molar-refractivity contribution in [1.82, 2.24) is 9.80 Å². The Kier molecular flexibility index (Phi) is 5.86. The van der Waals surface area contributed by atoms with E-state index in [1.54, 1.807) is 24.0 Å². The predicted octanol–water partition coefficient (Wildman–Crippen LogP) is 3.56. The average molecular weight is 410 g/mol. The second-order valence-corrected chi connectivity index (χ2v) is 8.22. The first-order chi connectivity index (χ1) is 14.5. The van der Waals surface area contributed by atoms with Gasteiger partial charge in [-0.2, -0.15) is 0 Å². The molecule has 2 amide bonds. The van der Waals surface area contributed by atoms with Crippen LogP contribution >= 0.6 is 0 Å². The van der Waals surface area contributed by atoms with E-state index in [1.165, 1.54) is 6.07 Å². The molecule has 0 saturated carbocycles. The molecule has 158 valence electrons. The lowest BCUT2D eigenvalue weighted by atomic mass is 9.89. The van der Waals surface area contributed by atoms with Crippen LogP contribution in [0.5, 0.6) is 0 Å². The van der Waals surface area contributed by atoms with E-state index in [-0.39, 0.29) is 17.6 Å². The summed E-state index contributed by atoms with van der Waals surface area (Å²) in [5.41, 5.74) is 1.45. The summed E-state index contributed by atoms with van der Waals surface area (Å²) in [4.78, 5) is 29.2. The van der Waals surface area contributed by atoms with Crippen molar-refractivity contribution in [1.29, 1.82) is 0 Å². The molecule has 30 heavy (non-hydrogen) atoms. The number of carbonyl (C=O) groups is 2. The fourth-order valence-electron chi connectivity index (χ4n) is 4.37. The Morgan fingerprint density at radius 2 is 1.83 bits per heavy atom. The van der Waals surface area contributed by atoms with Crippen LogP contribution < -0.4 is 0 Å². The van der Waals surface area contributed by atoms with Gasteiger partial charge in [0.2, 0.25) is 5.91 Å². The largest absolute Gasteiger partial charge is 0.372 e. The van der Waals surface area contributed by atoms with Gasteiger partial charge in [-0.05, 0) is 43.0 Å². The first-order valence-corrected chi connectivity index (χ1v) is 10.5. The summed E-state index contributed by atoms with van der Waals surface area (Å²) in [5, 5.41) is 0. The number of likely N-dealkylation sites (tertiary alicyclic amines) is 1. The third-order valence-corrected chi connectivity index (χ3v) is 6.23. The molecule has 0 atom stereocenters. The minimum Gasteiger partial charge on any atom is -0.372 e. The molecule has 0 aromatic heterocycles. The summed E-state index contributed by atoms with van der Waals surface area (Å²) in [5.74, 6) is -0.409. The highest BCUT2D eigenvalue weighted by atomic mass is 19.1. The van der Waals surface area contributed by atoms with Crippen LogP contribution in [-0.4, -0.2) is 53.5 Å². The molecule has 0 aliphatic carbocycles. The molecule has 2 saturated heterocycles. The molecule has 2 aliphatic heterocycles. The number of amides is 2. The van der Waals surface area contributed by atoms with Gasteiger partial charge in [0, 0.05) is 25.2 Å². The Balaban J connectivity index is 1.45. The van der Waals surface area contributed by atoms with Crippen molar-refractivity contribution in [2.24, 2.45) is 0 Å². The first-order valence-electron chi connectivity index (χ1n) is 10.5. The molecule has 4 rings (SSSR count). The number of ether oxygens (including phenoxy) is 1. The monoisotopic (exact) mass is 410 g/mol. The molecule has 5 nitrogen and oxygen atoms in total. The molecule has 1 spiro atoms. The first kappa shape index (κ1) is 20.5. The molecule has 0 unspecified atom stereocenters. The standard InChI is InChI=1S/C24H27FN2O3/c1-18-20(8-5-9-21(18)25)23(29)26-13-11-24(12-14-26)17-27(22(28)10-15-30-24)16-19-6-3-2-4-7-19/h2-9H,10-17H2,1H3. The lowest BCUT2D eigenvalue weighted by Crippen LogP contribution is -2.53. The van der Waals surface area contributed by atoms with E-state index in [9.17, 15) is 14.0 Å². The van der Waals surface area contributed by atoms with Crippen LogP contribution in [0.25, 0.3) is 0 Å². The summed E-state index contributed by atoms with van der Waals surface area (Å²) >= 11 is 0. The van der Waals surface area contributed by atoms with Gasteiger partial charge >= 0.3 is 0 Å². The molecule has 6 heteroatoms. The number of hydrogen-bond acceptors (Lipinski definition) is 3. The van der Waals surface area contributed by atoms with Crippen molar-refractivity contribution in [3.63, 3.8) is 0 Å². The number of piperidine rings is 1. The molecule has 0 radical (unpaired) electrons. The maximum atomic E-state index is 13.9. The highest BCUT2D eigenvalue weighted by molar-refractivity contribution is 5.95. The van der Waals surface area contributed by atoms with E-state index in [1.807, 2.05) is 35.2 Å². The molecule has 0 bridgehead atoms. The third-order valence-electron chi connectivity index (χ3n) is 6.23. The van der Waals surface area contributed by atoms with Crippen molar-refractivity contribution in [2.75, 3.05) is 26.2 Å². The molecular formula is C24H27FN2O3. The zero-order chi connectivity index (χ0) is 21.1. The smallest absolute Gasteiger partial charge is 0.254 e. The molecule has 2 aliphatic rings. The highest BCUT2D eigenvalue weighted by Crippen LogP contribution is 2.31. The summed E-state index contributed by atoms with van der Waals surface area (Å²) in [7, 11) is 0. The van der Waals surface area contributed by atoms with Crippen LogP contribution in [0.2, 0.25) is 0 Å². The summed E-state index contributed by atoms with van der Waals surface area (Å²) in [6, 6.07) is 14.6. The van der Waals surface area contributed by atoms with Gasteiger partial charge in [0.15, 0.2) is 0 Å². The molecule has 2 heterocycles. The Morgan fingerprint density at radius 3 is 2.57 bits per heavy atom. The van der Waals surface area contributed by atoms with E-state index >= 15 is 0 Å². The molecular weight excluding hydrogens is 383 g/mol. The number of hydrogen-bond donors (Lipinski definition) is 0. The van der Waals surface area contributed by atoms with E-state index in [0.29, 0.717) is 63.2 Å². The number of nitrogens with zero attached hydrogens (tertiary/aromatic N) is 2. The van der Waals surface area contributed by atoms with E-state index < -0.39 is 5.60 Å². The van der Waals surface area contributed by atoms with Crippen LogP contribution in [0.1, 0.15) is 40.7 Å². The fraction of sp³-hybridized carbons (Fsp3) is 0.417. The van der Waals surface area contributed by atoms with Crippen LogP contribution in [0.4, 0.5) is 4.39 Å². The van der Waals surface area contributed by atoms with Crippen LogP contribution in [-0.2, 0) is 16.1 Å². The Morgan fingerprint density at radius 1 is 1.10 bits per heavy atom. The van der Waals surface area contributed by atoms with Gasteiger partial charge in [-0.25, -0.2) is 4.39 Å². The highest BCUT2D eigenvalue weighted by Gasteiger charge is 2.41. The average Bonchev–Trinajstić information content (AvgIpc) is 2.90. The predicted molar refractivity (Wildman–Crippen MR) is 111 cm³/mol. The normalized spacial score (nSPS) is 19.1. The third kappa shape index (κ3) is 4.24. The quantitative estimate of drug-likeness (QED) is 0.778. The van der Waals surface area contributed by atoms with Gasteiger partial charge in [0.1, 0.15) is 5.82 Å². The van der Waals surface area contributed by atoms with Crippen LogP contribution in [0.3, 0.4) is 0 Å². The fourth-order valence-corrected chi connectivity index (χ4v) is 4.37. The van der Waals surface area contributed by atoms with E-state index in [0.717, 1.165) is 5.56 Å². The molecule has 2 aromatic carbocycles. The van der Waals surface area contributed by atoms with Gasteiger partial charge in [-0.1, -0.05) is 36.4 Å². The second kappa shape index (κ2) is 8.56. The minimum atomic E-state index is -0.436. The lowest BCUT2D eigenvalue weighted by molar-refractivity contribution is -0.132. The summed E-state index contributed by atoms with van der Waals surface area (Å²) in [6.45, 7) is 4.19. The summed E-state index contributed by atoms with van der Waals surface area (Å²) in [6.07, 6.45) is 1.69. The van der Waals surface area contributed by atoms with Gasteiger partial charge in [0.25, 0.3) is 5.91 Å². The van der Waals surface area contributed by atoms with E-state index in [4.69, 9.17) is 4.74 Å². The molecule has 2 aromatic rings. The Hall–Kier alpha value is -2.73. The maximum Gasteiger partial charge on any atom is 0.254 e. The van der Waals surface area contributed by atoms with Crippen molar-refractivity contribution < 1.29 is 18.7 Å². The van der Waals surface area contributed by atoms with E-state index in [2.05, 4.69) is 0 Å². The lowest BCUT2D eigenvalue weighted by Gasteiger charge is -2.42. The summed E-state index contributed by atoms with van der Waals surface area (Å²) < 4.78 is 20.1. The van der Waals surface area contributed by atoms with Crippen molar-refractivity contribution in [2.45, 2.75) is 38.3 Å². The van der Waals surface area contributed by atoms with Crippen LogP contribution in [0, 0.1) is 12.7 Å². The van der Waals surface area contributed by atoms with Crippen LogP contribution in [0.15, 0.2) is 48.5 Å². The maximum absolute atomic E-state index is 13.9. The van der Waals surface area contributed by atoms with Crippen molar-refractivity contribution >= 4 is 11.8 Å². The van der Waals surface area contributed by atoms with Crippen molar-refractivity contribution in [3.05, 3.63) is 71.0 Å². The number of rotatable bonds is 3. The number of halogens is 1. The Labute approximate surface area is 176 Å². The van der Waals surface area contributed by atoms with Gasteiger partial charge in [-0.15, -0.1) is 0 Å². The van der Waals surface area contributed by atoms with Gasteiger partial charge in [-0.3, -0.25) is 9.59 Å². The zero-order valence-electron chi connectivity index (χ0n) is 17.3. The minimum absolute atomic E-state index is 0.101. The SMILES string of the molecule is Cc1c(F)cccc1C(=O)N1CCC2(CC1)CN(Cc1ccccc1)C(=O)CCO2. The number of benzene rings is 2. The van der Waals surface area contributed by atoms with Gasteiger partial charge in [0.05, 0.1) is 25.2 Å². The molecule has 0 N–H and O–H groups in total.